The fraction of sp³-hybridized carbons (Fsp3) is 0.600. The second-order valence-corrected chi connectivity index (χ2v) is 10.0. The highest BCUT2D eigenvalue weighted by atomic mass is 79.9. The summed E-state index contributed by atoms with van der Waals surface area (Å²) in [6.45, 7) is 6.66. The molecule has 0 aromatic heterocycles. The Morgan fingerprint density at radius 2 is 1.58 bits per heavy atom. The number of hydrogen-bond acceptors (Lipinski definition) is 1. The maximum Gasteiger partial charge on any atom is 0.251 e. The molecule has 0 atom stereocenters. The largest absolute Gasteiger partial charge is 0.543 e. The Hall–Kier alpha value is -0.353. The normalized spacial score (nSPS) is 11.6. The standard InChI is InChI=1S/C15H24BrFOSi/c1-4-9-19(10-5-2,11-6-3)18-15-8-7-13(17)12-14(15)16/h7-8,12H,4-6,9-11H2,1-3H3. The Bertz CT molecular complexity index is 381. The summed E-state index contributed by atoms with van der Waals surface area (Å²) in [7, 11) is -1.74. The quantitative estimate of drug-likeness (QED) is 0.513. The van der Waals surface area contributed by atoms with Crippen molar-refractivity contribution in [2.45, 2.75) is 58.2 Å². The van der Waals surface area contributed by atoms with Crippen molar-refractivity contribution in [3.05, 3.63) is 28.5 Å². The van der Waals surface area contributed by atoms with Crippen LogP contribution in [0.5, 0.6) is 5.75 Å². The van der Waals surface area contributed by atoms with Gasteiger partial charge in [0.05, 0.1) is 4.47 Å². The van der Waals surface area contributed by atoms with Crippen LogP contribution in [0.2, 0.25) is 18.1 Å². The van der Waals surface area contributed by atoms with E-state index in [-0.39, 0.29) is 5.82 Å². The van der Waals surface area contributed by atoms with Gasteiger partial charge < -0.3 is 4.43 Å². The van der Waals surface area contributed by atoms with Crippen molar-refractivity contribution in [1.82, 2.24) is 0 Å². The van der Waals surface area contributed by atoms with Crippen molar-refractivity contribution >= 4 is 24.2 Å². The molecule has 0 saturated carbocycles. The summed E-state index contributed by atoms with van der Waals surface area (Å²) in [5.41, 5.74) is 0. The summed E-state index contributed by atoms with van der Waals surface area (Å²) in [4.78, 5) is 0. The van der Waals surface area contributed by atoms with E-state index >= 15 is 0 Å². The van der Waals surface area contributed by atoms with E-state index < -0.39 is 8.32 Å². The van der Waals surface area contributed by atoms with Crippen LogP contribution in [0, 0.1) is 5.82 Å². The molecule has 0 radical (unpaired) electrons. The lowest BCUT2D eigenvalue weighted by molar-refractivity contribution is 0.512. The van der Waals surface area contributed by atoms with E-state index in [0.717, 1.165) is 29.5 Å². The van der Waals surface area contributed by atoms with Crippen LogP contribution in [0.25, 0.3) is 0 Å². The molecule has 0 saturated heterocycles. The van der Waals surface area contributed by atoms with Crippen LogP contribution >= 0.6 is 15.9 Å². The SMILES string of the molecule is CCC[Si](CCC)(CCC)Oc1ccc(F)cc1Br. The van der Waals surface area contributed by atoms with Crippen molar-refractivity contribution in [2.75, 3.05) is 0 Å². The van der Waals surface area contributed by atoms with Gasteiger partial charge in [0.2, 0.25) is 0 Å². The van der Waals surface area contributed by atoms with Crippen molar-refractivity contribution in [3.8, 4) is 5.75 Å². The number of benzene rings is 1. The molecule has 0 aliphatic rings. The molecule has 0 bridgehead atoms. The van der Waals surface area contributed by atoms with E-state index in [1.54, 1.807) is 6.07 Å². The third kappa shape index (κ3) is 4.92. The summed E-state index contributed by atoms with van der Waals surface area (Å²) >= 11 is 3.41. The number of hydrogen-bond donors (Lipinski definition) is 0. The molecule has 1 rings (SSSR count). The second-order valence-electron chi connectivity index (χ2n) is 5.11. The molecule has 4 heteroatoms. The van der Waals surface area contributed by atoms with Gasteiger partial charge in [-0.25, -0.2) is 4.39 Å². The lowest BCUT2D eigenvalue weighted by atomic mass is 10.3. The third-order valence-electron chi connectivity index (χ3n) is 3.34. The van der Waals surface area contributed by atoms with Gasteiger partial charge in [0.1, 0.15) is 11.6 Å². The van der Waals surface area contributed by atoms with Gasteiger partial charge in [-0.3, -0.25) is 0 Å². The zero-order chi connectivity index (χ0) is 14.3. The minimum absolute atomic E-state index is 0.229. The average Bonchev–Trinajstić information content (AvgIpc) is 2.34. The minimum atomic E-state index is -1.74. The Labute approximate surface area is 125 Å². The lowest BCUT2D eigenvalue weighted by Crippen LogP contribution is -2.41. The first kappa shape index (κ1) is 16.7. The summed E-state index contributed by atoms with van der Waals surface area (Å²) in [5.74, 6) is 0.580. The average molecular weight is 347 g/mol. The van der Waals surface area contributed by atoms with E-state index in [4.69, 9.17) is 4.43 Å². The molecule has 1 aromatic rings. The van der Waals surface area contributed by atoms with Gasteiger partial charge in [0.15, 0.2) is 0 Å². The van der Waals surface area contributed by atoms with Crippen LogP contribution in [0.4, 0.5) is 4.39 Å². The molecule has 0 fully saturated rings. The minimum Gasteiger partial charge on any atom is -0.543 e. The van der Waals surface area contributed by atoms with E-state index in [1.807, 2.05) is 0 Å². The van der Waals surface area contributed by atoms with Gasteiger partial charge >= 0.3 is 0 Å². The van der Waals surface area contributed by atoms with Crippen LogP contribution in [0.15, 0.2) is 22.7 Å². The van der Waals surface area contributed by atoms with E-state index in [0.29, 0.717) is 0 Å². The Morgan fingerprint density at radius 3 is 2.00 bits per heavy atom. The second kappa shape index (κ2) is 8.05. The molecule has 0 aliphatic carbocycles. The van der Waals surface area contributed by atoms with E-state index in [2.05, 4.69) is 36.7 Å². The first-order valence-corrected chi connectivity index (χ1v) is 10.5. The Balaban J connectivity index is 2.97. The van der Waals surface area contributed by atoms with Crippen molar-refractivity contribution in [3.63, 3.8) is 0 Å². The topological polar surface area (TPSA) is 9.23 Å². The summed E-state index contributed by atoms with van der Waals surface area (Å²) < 4.78 is 20.3. The van der Waals surface area contributed by atoms with Crippen LogP contribution in [0.1, 0.15) is 40.0 Å². The fourth-order valence-electron chi connectivity index (χ4n) is 2.69. The molecule has 0 aliphatic heterocycles. The van der Waals surface area contributed by atoms with Gasteiger partial charge in [0.25, 0.3) is 8.32 Å². The summed E-state index contributed by atoms with van der Waals surface area (Å²) in [6, 6.07) is 8.25. The molecule has 0 unspecified atom stereocenters. The maximum atomic E-state index is 13.2. The number of rotatable bonds is 8. The molecule has 1 aromatic carbocycles. The molecule has 0 heterocycles. The molecule has 0 spiro atoms. The zero-order valence-corrected chi connectivity index (χ0v) is 14.7. The van der Waals surface area contributed by atoms with Crippen molar-refractivity contribution < 1.29 is 8.82 Å². The van der Waals surface area contributed by atoms with Gasteiger partial charge in [0, 0.05) is 0 Å². The molecule has 108 valence electrons. The van der Waals surface area contributed by atoms with E-state index in [1.165, 1.54) is 30.3 Å². The highest BCUT2D eigenvalue weighted by molar-refractivity contribution is 9.10. The highest BCUT2D eigenvalue weighted by Gasteiger charge is 2.34. The predicted octanol–water partition coefficient (Wildman–Crippen LogP) is 6.14. The highest BCUT2D eigenvalue weighted by Crippen LogP contribution is 2.34. The maximum absolute atomic E-state index is 13.2. The van der Waals surface area contributed by atoms with Crippen LogP contribution in [-0.4, -0.2) is 8.32 Å². The first-order valence-electron chi connectivity index (χ1n) is 7.21. The zero-order valence-electron chi connectivity index (χ0n) is 12.1. The monoisotopic (exact) mass is 346 g/mol. The van der Waals surface area contributed by atoms with Crippen LogP contribution < -0.4 is 4.43 Å². The van der Waals surface area contributed by atoms with Crippen LogP contribution in [0.3, 0.4) is 0 Å². The lowest BCUT2D eigenvalue weighted by Gasteiger charge is -2.32. The molecule has 0 N–H and O–H groups in total. The predicted molar refractivity (Wildman–Crippen MR) is 85.8 cm³/mol. The van der Waals surface area contributed by atoms with Crippen LogP contribution in [-0.2, 0) is 0 Å². The third-order valence-corrected chi connectivity index (χ3v) is 8.84. The molecule has 1 nitrogen and oxygen atoms in total. The van der Waals surface area contributed by atoms with Gasteiger partial charge in [-0.2, -0.15) is 0 Å². The first-order chi connectivity index (χ1) is 9.06. The van der Waals surface area contributed by atoms with Gasteiger partial charge in [-0.15, -0.1) is 0 Å². The van der Waals surface area contributed by atoms with Crippen molar-refractivity contribution in [1.29, 1.82) is 0 Å². The smallest absolute Gasteiger partial charge is 0.251 e. The fourth-order valence-corrected chi connectivity index (χ4v) is 7.70. The molecular weight excluding hydrogens is 323 g/mol. The van der Waals surface area contributed by atoms with Gasteiger partial charge in [-0.1, -0.05) is 40.0 Å². The Morgan fingerprint density at radius 1 is 1.05 bits per heavy atom. The summed E-state index contributed by atoms with van der Waals surface area (Å²) in [5, 5.41) is 0. The Kier molecular flexibility index (Phi) is 7.08. The molecule has 19 heavy (non-hydrogen) atoms. The summed E-state index contributed by atoms with van der Waals surface area (Å²) in [6.07, 6.45) is 3.47. The van der Waals surface area contributed by atoms with Crippen molar-refractivity contribution in [2.24, 2.45) is 0 Å². The van der Waals surface area contributed by atoms with E-state index in [9.17, 15) is 4.39 Å². The number of halogens is 2. The van der Waals surface area contributed by atoms with Gasteiger partial charge in [-0.05, 0) is 52.3 Å². The molecule has 0 amide bonds. The molecular formula is C15H24BrFOSi.